The maximum Gasteiger partial charge on any atom is 0.211 e. The number of halogens is 1. The molecule has 0 N–H and O–H groups in total. The van der Waals surface area contributed by atoms with E-state index in [-0.39, 0.29) is 0 Å². The molecule has 0 bridgehead atoms. The molecule has 5 heteroatoms. The number of hydrogen-bond donors (Lipinski definition) is 0. The molecule has 0 aliphatic heterocycles. The summed E-state index contributed by atoms with van der Waals surface area (Å²) >= 11 is 5.04. The summed E-state index contributed by atoms with van der Waals surface area (Å²) in [5, 5.41) is 0.772. The molecule has 0 amide bonds. The van der Waals surface area contributed by atoms with Crippen LogP contribution in [0.15, 0.2) is 39.9 Å². The van der Waals surface area contributed by atoms with Gasteiger partial charge in [-0.25, -0.2) is 9.98 Å². The van der Waals surface area contributed by atoms with E-state index < -0.39 is 0 Å². The van der Waals surface area contributed by atoms with E-state index in [1.54, 1.807) is 17.7 Å². The molecule has 0 aliphatic carbocycles. The first-order valence-electron chi connectivity index (χ1n) is 5.07. The zero-order chi connectivity index (χ0) is 12.3. The zero-order valence-electron chi connectivity index (χ0n) is 9.59. The maximum absolute atomic E-state index is 4.27. The lowest BCUT2D eigenvalue weighted by atomic mass is 10.2. The Balaban J connectivity index is 2.24. The summed E-state index contributed by atoms with van der Waals surface area (Å²) in [5.74, 6) is 0. The topological polar surface area (TPSA) is 28.5 Å². The average Bonchev–Trinajstić information content (AvgIpc) is 2.75. The molecule has 0 spiro atoms. The lowest BCUT2D eigenvalue weighted by molar-refractivity contribution is 0.643. The van der Waals surface area contributed by atoms with E-state index in [0.717, 1.165) is 20.0 Å². The second-order valence-corrected chi connectivity index (χ2v) is 5.65. The summed E-state index contributed by atoms with van der Waals surface area (Å²) in [6.07, 6.45) is 3.61. The van der Waals surface area contributed by atoms with Crippen LogP contribution < -0.4 is 0 Å². The van der Waals surface area contributed by atoms with Gasteiger partial charge in [0.1, 0.15) is 0 Å². The van der Waals surface area contributed by atoms with Crippen LogP contribution in [0.1, 0.15) is 0 Å². The molecule has 3 nitrogen and oxygen atoms in total. The van der Waals surface area contributed by atoms with Crippen LogP contribution in [0.4, 0.5) is 5.13 Å². The van der Waals surface area contributed by atoms with Crippen LogP contribution in [0.3, 0.4) is 0 Å². The van der Waals surface area contributed by atoms with Crippen molar-refractivity contribution in [3.8, 4) is 10.4 Å². The van der Waals surface area contributed by atoms with Crippen LogP contribution in [0.25, 0.3) is 10.4 Å². The van der Waals surface area contributed by atoms with Crippen molar-refractivity contribution in [1.29, 1.82) is 0 Å². The molecule has 0 atom stereocenters. The van der Waals surface area contributed by atoms with Gasteiger partial charge in [-0.05, 0) is 17.7 Å². The van der Waals surface area contributed by atoms with Crippen molar-refractivity contribution in [2.24, 2.45) is 4.99 Å². The molecule has 0 fully saturated rings. The Hall–Kier alpha value is -1.20. The summed E-state index contributed by atoms with van der Waals surface area (Å²) in [7, 11) is 3.87. The van der Waals surface area contributed by atoms with E-state index in [0.29, 0.717) is 0 Å². The first kappa shape index (κ1) is 12.3. The number of thiazole rings is 1. The number of nitrogens with zero attached hydrogens (tertiary/aromatic N) is 3. The number of rotatable bonds is 3. The predicted octanol–water partition coefficient (Wildman–Crippen LogP) is 3.79. The Bertz CT molecular complexity index is 534. The quantitative estimate of drug-likeness (QED) is 0.637. The van der Waals surface area contributed by atoms with Gasteiger partial charge in [-0.1, -0.05) is 39.4 Å². The highest BCUT2D eigenvalue weighted by Gasteiger charge is 2.03. The van der Waals surface area contributed by atoms with Crippen molar-refractivity contribution in [3.63, 3.8) is 0 Å². The Morgan fingerprint density at radius 2 is 2.24 bits per heavy atom. The van der Waals surface area contributed by atoms with Crippen molar-refractivity contribution in [2.75, 3.05) is 14.1 Å². The molecule has 0 unspecified atom stereocenters. The largest absolute Gasteiger partial charge is 0.369 e. The number of aliphatic imine (C=N–C) groups is 1. The highest BCUT2D eigenvalue weighted by Crippen LogP contribution is 2.31. The first-order valence-corrected chi connectivity index (χ1v) is 6.68. The van der Waals surface area contributed by atoms with Crippen LogP contribution in [0.2, 0.25) is 0 Å². The van der Waals surface area contributed by atoms with E-state index in [4.69, 9.17) is 0 Å². The lowest BCUT2D eigenvalue weighted by Gasteiger charge is -1.99. The SMILES string of the molecule is CN(C)/C=N/c1ncc(-c2cccc(Br)c2)s1. The van der Waals surface area contributed by atoms with Crippen LogP contribution in [-0.2, 0) is 0 Å². The van der Waals surface area contributed by atoms with E-state index in [1.807, 2.05) is 37.3 Å². The van der Waals surface area contributed by atoms with Gasteiger partial charge >= 0.3 is 0 Å². The molecule has 1 heterocycles. The molecule has 0 aliphatic rings. The predicted molar refractivity (Wildman–Crippen MR) is 77.1 cm³/mol. The molecular weight excluding hydrogens is 298 g/mol. The fraction of sp³-hybridized carbons (Fsp3) is 0.167. The second-order valence-electron chi connectivity index (χ2n) is 3.73. The van der Waals surface area contributed by atoms with Gasteiger partial charge in [0.15, 0.2) is 0 Å². The molecule has 2 rings (SSSR count). The monoisotopic (exact) mass is 309 g/mol. The van der Waals surface area contributed by atoms with Gasteiger partial charge in [-0.3, -0.25) is 0 Å². The smallest absolute Gasteiger partial charge is 0.211 e. The Labute approximate surface area is 113 Å². The summed E-state index contributed by atoms with van der Waals surface area (Å²) in [4.78, 5) is 11.6. The summed E-state index contributed by atoms with van der Waals surface area (Å²) < 4.78 is 1.07. The number of hydrogen-bond acceptors (Lipinski definition) is 3. The highest BCUT2D eigenvalue weighted by atomic mass is 79.9. The fourth-order valence-electron chi connectivity index (χ4n) is 1.26. The summed E-state index contributed by atoms with van der Waals surface area (Å²) in [6, 6.07) is 8.17. The summed E-state index contributed by atoms with van der Waals surface area (Å²) in [5.41, 5.74) is 1.16. The fourth-order valence-corrected chi connectivity index (χ4v) is 2.42. The molecular formula is C12H12BrN3S. The number of aromatic nitrogens is 1. The minimum absolute atomic E-state index is 0.772. The zero-order valence-corrected chi connectivity index (χ0v) is 12.0. The van der Waals surface area contributed by atoms with E-state index in [2.05, 4.69) is 38.0 Å². The van der Waals surface area contributed by atoms with Gasteiger partial charge < -0.3 is 4.90 Å². The van der Waals surface area contributed by atoms with Crippen LogP contribution in [0, 0.1) is 0 Å². The minimum atomic E-state index is 0.772. The molecule has 0 saturated heterocycles. The van der Waals surface area contributed by atoms with Crippen molar-refractivity contribution in [3.05, 3.63) is 34.9 Å². The van der Waals surface area contributed by atoms with Crippen LogP contribution >= 0.6 is 27.3 Å². The second kappa shape index (κ2) is 5.42. The van der Waals surface area contributed by atoms with Gasteiger partial charge in [0.2, 0.25) is 5.13 Å². The van der Waals surface area contributed by atoms with Crippen molar-refractivity contribution < 1.29 is 0 Å². The van der Waals surface area contributed by atoms with E-state index in [9.17, 15) is 0 Å². The Kier molecular flexibility index (Phi) is 3.91. The third-order valence-corrected chi connectivity index (χ3v) is 3.45. The molecule has 0 saturated carbocycles. The maximum atomic E-state index is 4.27. The summed E-state index contributed by atoms with van der Waals surface area (Å²) in [6.45, 7) is 0. The van der Waals surface area contributed by atoms with E-state index in [1.165, 1.54) is 0 Å². The molecule has 0 radical (unpaired) electrons. The van der Waals surface area contributed by atoms with Crippen molar-refractivity contribution in [2.45, 2.75) is 0 Å². The minimum Gasteiger partial charge on any atom is -0.369 e. The van der Waals surface area contributed by atoms with Crippen LogP contribution in [0.5, 0.6) is 0 Å². The Morgan fingerprint density at radius 3 is 2.94 bits per heavy atom. The third-order valence-electron chi connectivity index (χ3n) is 2.00. The van der Waals surface area contributed by atoms with Crippen molar-refractivity contribution >= 4 is 38.7 Å². The molecule has 2 aromatic rings. The van der Waals surface area contributed by atoms with Gasteiger partial charge in [0.05, 0.1) is 11.2 Å². The standard InChI is InChI=1S/C12H12BrN3S/c1-16(2)8-15-12-14-7-11(17-12)9-4-3-5-10(13)6-9/h3-8H,1-2H3/b15-8+. The molecule has 1 aromatic heterocycles. The Morgan fingerprint density at radius 1 is 1.41 bits per heavy atom. The molecule has 1 aromatic carbocycles. The highest BCUT2D eigenvalue weighted by molar-refractivity contribution is 9.10. The average molecular weight is 310 g/mol. The third kappa shape index (κ3) is 3.38. The van der Waals surface area contributed by atoms with Crippen molar-refractivity contribution in [1.82, 2.24) is 9.88 Å². The molecule has 17 heavy (non-hydrogen) atoms. The van der Waals surface area contributed by atoms with E-state index >= 15 is 0 Å². The lowest BCUT2D eigenvalue weighted by Crippen LogP contribution is -2.06. The van der Waals surface area contributed by atoms with Gasteiger partial charge in [-0.2, -0.15) is 0 Å². The van der Waals surface area contributed by atoms with Gasteiger partial charge in [0.25, 0.3) is 0 Å². The normalized spacial score (nSPS) is 11.0. The molecule has 88 valence electrons. The van der Waals surface area contributed by atoms with Gasteiger partial charge in [-0.15, -0.1) is 0 Å². The van der Waals surface area contributed by atoms with Crippen LogP contribution in [-0.4, -0.2) is 30.3 Å². The first-order chi connectivity index (χ1) is 8.15. The van der Waals surface area contributed by atoms with Gasteiger partial charge in [0, 0.05) is 24.8 Å². The number of benzene rings is 1.